The van der Waals surface area contributed by atoms with Gasteiger partial charge in [0.15, 0.2) is 0 Å². The maximum atomic E-state index is 9.18. The number of benzene rings is 2. The number of aromatic nitrogens is 1. The normalized spacial score (nSPS) is 15.7. The Bertz CT molecular complexity index is 1080. The summed E-state index contributed by atoms with van der Waals surface area (Å²) >= 11 is 0. The molecule has 1 saturated heterocycles. The molecule has 1 aliphatic rings. The quantitative estimate of drug-likeness (QED) is 0.398. The molecule has 1 fully saturated rings. The van der Waals surface area contributed by atoms with E-state index in [1.807, 2.05) is 25.3 Å². The molecule has 0 spiro atoms. The van der Waals surface area contributed by atoms with Gasteiger partial charge in [-0.15, -0.1) is 0 Å². The molecule has 0 N–H and O–H groups in total. The van der Waals surface area contributed by atoms with Gasteiger partial charge in [0.1, 0.15) is 0 Å². The van der Waals surface area contributed by atoms with Crippen molar-refractivity contribution in [3.63, 3.8) is 0 Å². The van der Waals surface area contributed by atoms with Gasteiger partial charge in [-0.05, 0) is 67.5 Å². The average Bonchev–Trinajstić information content (AvgIpc) is 2.88. The van der Waals surface area contributed by atoms with Crippen molar-refractivity contribution >= 4 is 0 Å². The first-order valence-electron chi connectivity index (χ1n) is 12.6. The van der Waals surface area contributed by atoms with Gasteiger partial charge in [0.05, 0.1) is 17.3 Å². The van der Waals surface area contributed by atoms with Crippen LogP contribution in [0.5, 0.6) is 0 Å². The lowest BCUT2D eigenvalue weighted by Crippen LogP contribution is -2.46. The van der Waals surface area contributed by atoms with Gasteiger partial charge in [-0.2, -0.15) is 5.26 Å². The van der Waals surface area contributed by atoms with Crippen LogP contribution in [0.25, 0.3) is 11.3 Å². The number of piperazine rings is 1. The predicted molar refractivity (Wildman–Crippen MR) is 140 cm³/mol. The highest BCUT2D eigenvalue weighted by atomic mass is 15.3. The Balaban J connectivity index is 1.20. The van der Waals surface area contributed by atoms with Crippen molar-refractivity contribution < 1.29 is 0 Å². The van der Waals surface area contributed by atoms with E-state index >= 15 is 0 Å². The second-order valence-electron chi connectivity index (χ2n) is 9.47. The standard InChI is InChI=1S/C30H36N4/c1-3-26(28-12-13-29(21-31)24(2)20-28)10-7-15-33-16-18-34(19-17-33)23-25-11-14-30(32-22-25)27-8-5-4-6-9-27/h4-6,8-9,11-14,20,22,26H,3,7,10,15-19,23H2,1-2H3. The molecule has 0 saturated carbocycles. The molecule has 4 heteroatoms. The fraction of sp³-hybridized carbons (Fsp3) is 0.400. The van der Waals surface area contributed by atoms with Gasteiger partial charge in [0, 0.05) is 44.5 Å². The highest BCUT2D eigenvalue weighted by Gasteiger charge is 2.18. The number of nitrogens with zero attached hydrogens (tertiary/aromatic N) is 4. The number of hydrogen-bond acceptors (Lipinski definition) is 4. The zero-order valence-electron chi connectivity index (χ0n) is 20.6. The van der Waals surface area contributed by atoms with Gasteiger partial charge in [0.2, 0.25) is 0 Å². The Morgan fingerprint density at radius 2 is 1.74 bits per heavy atom. The lowest BCUT2D eigenvalue weighted by atomic mass is 9.90. The van der Waals surface area contributed by atoms with Crippen LogP contribution in [0, 0.1) is 18.3 Å². The second-order valence-corrected chi connectivity index (χ2v) is 9.47. The number of aryl methyl sites for hydroxylation is 1. The van der Waals surface area contributed by atoms with Crippen LogP contribution < -0.4 is 0 Å². The Labute approximate surface area is 204 Å². The zero-order valence-corrected chi connectivity index (χ0v) is 20.6. The van der Waals surface area contributed by atoms with E-state index in [1.165, 1.54) is 36.1 Å². The minimum absolute atomic E-state index is 0.582. The van der Waals surface area contributed by atoms with Crippen molar-refractivity contribution in [1.82, 2.24) is 14.8 Å². The molecular weight excluding hydrogens is 416 g/mol. The van der Waals surface area contributed by atoms with Crippen LogP contribution >= 0.6 is 0 Å². The van der Waals surface area contributed by atoms with Gasteiger partial charge in [-0.25, -0.2) is 0 Å². The van der Waals surface area contributed by atoms with Crippen molar-refractivity contribution in [2.24, 2.45) is 0 Å². The van der Waals surface area contributed by atoms with E-state index in [2.05, 4.69) is 76.3 Å². The van der Waals surface area contributed by atoms with Gasteiger partial charge in [-0.1, -0.05) is 55.5 Å². The molecule has 1 unspecified atom stereocenters. The number of pyridine rings is 1. The summed E-state index contributed by atoms with van der Waals surface area (Å²) in [5.41, 5.74) is 6.77. The van der Waals surface area contributed by atoms with Gasteiger partial charge in [-0.3, -0.25) is 9.88 Å². The Kier molecular flexibility index (Phi) is 8.46. The summed E-state index contributed by atoms with van der Waals surface area (Å²) < 4.78 is 0. The first-order valence-corrected chi connectivity index (χ1v) is 12.6. The van der Waals surface area contributed by atoms with E-state index < -0.39 is 0 Å². The summed E-state index contributed by atoms with van der Waals surface area (Å²) in [6.07, 6.45) is 5.62. The molecule has 1 atom stereocenters. The molecule has 1 aromatic heterocycles. The molecule has 3 aromatic rings. The third-order valence-corrected chi connectivity index (χ3v) is 7.13. The largest absolute Gasteiger partial charge is 0.301 e. The molecule has 2 heterocycles. The lowest BCUT2D eigenvalue weighted by Gasteiger charge is -2.35. The summed E-state index contributed by atoms with van der Waals surface area (Å²) in [6, 6.07) is 23.4. The second kappa shape index (κ2) is 11.9. The van der Waals surface area contributed by atoms with E-state index in [4.69, 9.17) is 0 Å². The number of rotatable bonds is 9. The van der Waals surface area contributed by atoms with Crippen LogP contribution in [0.1, 0.15) is 54.4 Å². The Morgan fingerprint density at radius 3 is 2.38 bits per heavy atom. The lowest BCUT2D eigenvalue weighted by molar-refractivity contribution is 0.125. The van der Waals surface area contributed by atoms with E-state index in [0.29, 0.717) is 5.92 Å². The van der Waals surface area contributed by atoms with Crippen molar-refractivity contribution in [1.29, 1.82) is 5.26 Å². The third kappa shape index (κ3) is 6.32. The maximum absolute atomic E-state index is 9.18. The van der Waals surface area contributed by atoms with Crippen molar-refractivity contribution in [2.75, 3.05) is 32.7 Å². The number of nitriles is 1. The van der Waals surface area contributed by atoms with Gasteiger partial charge in [0.25, 0.3) is 0 Å². The van der Waals surface area contributed by atoms with E-state index in [9.17, 15) is 5.26 Å². The van der Waals surface area contributed by atoms with Gasteiger partial charge >= 0.3 is 0 Å². The number of hydrogen-bond donors (Lipinski definition) is 0. The topological polar surface area (TPSA) is 43.2 Å². The first-order chi connectivity index (χ1) is 16.7. The van der Waals surface area contributed by atoms with Crippen LogP contribution in [-0.4, -0.2) is 47.5 Å². The van der Waals surface area contributed by atoms with Crippen LogP contribution in [-0.2, 0) is 6.54 Å². The first kappa shape index (κ1) is 24.1. The molecule has 0 bridgehead atoms. The molecule has 2 aromatic carbocycles. The Hall–Kier alpha value is -3.00. The molecule has 176 valence electrons. The summed E-state index contributed by atoms with van der Waals surface area (Å²) in [5, 5.41) is 9.18. The van der Waals surface area contributed by atoms with Crippen LogP contribution in [0.3, 0.4) is 0 Å². The monoisotopic (exact) mass is 452 g/mol. The van der Waals surface area contributed by atoms with E-state index in [1.54, 1.807) is 0 Å². The zero-order chi connectivity index (χ0) is 23.8. The summed E-state index contributed by atoms with van der Waals surface area (Å²) in [7, 11) is 0. The van der Waals surface area contributed by atoms with Crippen molar-refractivity contribution in [3.8, 4) is 17.3 Å². The molecule has 4 rings (SSSR count). The minimum Gasteiger partial charge on any atom is -0.301 e. The molecule has 1 aliphatic heterocycles. The summed E-state index contributed by atoms with van der Waals surface area (Å²) in [5.74, 6) is 0.582. The van der Waals surface area contributed by atoms with Crippen LogP contribution in [0.4, 0.5) is 0 Å². The predicted octanol–water partition coefficient (Wildman–Crippen LogP) is 6.02. The summed E-state index contributed by atoms with van der Waals surface area (Å²) in [6.45, 7) is 11.0. The highest BCUT2D eigenvalue weighted by molar-refractivity contribution is 5.58. The average molecular weight is 453 g/mol. The van der Waals surface area contributed by atoms with Crippen LogP contribution in [0.2, 0.25) is 0 Å². The van der Waals surface area contributed by atoms with E-state index in [0.717, 1.165) is 56.0 Å². The minimum atomic E-state index is 0.582. The fourth-order valence-electron chi connectivity index (χ4n) is 4.96. The molecule has 34 heavy (non-hydrogen) atoms. The molecule has 0 amide bonds. The molecule has 0 aliphatic carbocycles. The molecule has 4 nitrogen and oxygen atoms in total. The molecule has 0 radical (unpaired) electrons. The van der Waals surface area contributed by atoms with E-state index in [-0.39, 0.29) is 0 Å². The Morgan fingerprint density at radius 1 is 0.971 bits per heavy atom. The van der Waals surface area contributed by atoms with Crippen molar-refractivity contribution in [3.05, 3.63) is 89.1 Å². The fourth-order valence-corrected chi connectivity index (χ4v) is 4.96. The maximum Gasteiger partial charge on any atom is 0.0994 e. The smallest absolute Gasteiger partial charge is 0.0994 e. The SMILES string of the molecule is CCC(CCCN1CCN(Cc2ccc(-c3ccccc3)nc2)CC1)c1ccc(C#N)c(C)c1. The highest BCUT2D eigenvalue weighted by Crippen LogP contribution is 2.27. The summed E-state index contributed by atoms with van der Waals surface area (Å²) in [4.78, 5) is 9.84. The van der Waals surface area contributed by atoms with Crippen LogP contribution in [0.15, 0.2) is 66.9 Å². The molecular formula is C30H36N4. The van der Waals surface area contributed by atoms with Crippen molar-refractivity contribution in [2.45, 2.75) is 45.6 Å². The van der Waals surface area contributed by atoms with Gasteiger partial charge < -0.3 is 4.90 Å². The third-order valence-electron chi connectivity index (χ3n) is 7.13.